The normalized spacial score (nSPS) is 9.67. The van der Waals surface area contributed by atoms with Crippen LogP contribution in [0.15, 0.2) is 11.4 Å². The Hall–Kier alpha value is -0.740. The summed E-state index contributed by atoms with van der Waals surface area (Å²) in [6.45, 7) is 2.22. The fourth-order valence-electron chi connectivity index (χ4n) is 1.16. The quantitative estimate of drug-likeness (QED) is 0.489. The highest BCUT2D eigenvalue weighted by atomic mass is 32.1. The summed E-state index contributed by atoms with van der Waals surface area (Å²) < 4.78 is 0. The summed E-state index contributed by atoms with van der Waals surface area (Å²) in [7, 11) is 0. The molecule has 1 aromatic rings. The van der Waals surface area contributed by atoms with E-state index in [0.29, 0.717) is 0 Å². The summed E-state index contributed by atoms with van der Waals surface area (Å²) in [5, 5.41) is 2.17. The van der Waals surface area contributed by atoms with E-state index in [9.17, 15) is 0 Å². The molecule has 1 rings (SSSR count). The van der Waals surface area contributed by atoms with Gasteiger partial charge >= 0.3 is 0 Å². The van der Waals surface area contributed by atoms with Gasteiger partial charge in [0.1, 0.15) is 0 Å². The maximum absolute atomic E-state index is 5.28. The molecule has 0 aliphatic heterocycles. The maximum atomic E-state index is 5.28. The van der Waals surface area contributed by atoms with Crippen molar-refractivity contribution in [3.8, 4) is 12.3 Å². The first-order chi connectivity index (χ1) is 5.86. The minimum absolute atomic E-state index is 1.06. The topological polar surface area (TPSA) is 0 Å². The van der Waals surface area contributed by atoms with Crippen molar-refractivity contribution in [2.75, 3.05) is 0 Å². The van der Waals surface area contributed by atoms with Gasteiger partial charge < -0.3 is 0 Å². The zero-order valence-corrected chi connectivity index (χ0v) is 8.29. The molecule has 1 heteroatoms. The molecule has 0 aliphatic carbocycles. The monoisotopic (exact) mass is 178 g/mol. The van der Waals surface area contributed by atoms with Crippen molar-refractivity contribution in [1.82, 2.24) is 0 Å². The first kappa shape index (κ1) is 9.35. The predicted molar refractivity (Wildman–Crippen MR) is 55.5 cm³/mol. The largest absolute Gasteiger partial charge is 0.135 e. The fraction of sp³-hybridized carbons (Fsp3) is 0.455. The minimum Gasteiger partial charge on any atom is -0.135 e. The summed E-state index contributed by atoms with van der Waals surface area (Å²) in [4.78, 5) is 1.06. The summed E-state index contributed by atoms with van der Waals surface area (Å²) in [6.07, 6.45) is 10.4. The third kappa shape index (κ3) is 2.71. The van der Waals surface area contributed by atoms with E-state index in [4.69, 9.17) is 6.42 Å². The van der Waals surface area contributed by atoms with E-state index < -0.39 is 0 Å². The average molecular weight is 178 g/mol. The molecule has 1 heterocycles. The molecule has 1 aromatic heterocycles. The Labute approximate surface area is 78.6 Å². The van der Waals surface area contributed by atoms with Gasteiger partial charge in [0, 0.05) is 0 Å². The van der Waals surface area contributed by atoms with Gasteiger partial charge in [-0.2, -0.15) is 0 Å². The van der Waals surface area contributed by atoms with Crippen LogP contribution in [0.5, 0.6) is 0 Å². The maximum Gasteiger partial charge on any atom is 0.0768 e. The number of unbranched alkanes of at least 4 members (excludes halogenated alkanes) is 2. The van der Waals surface area contributed by atoms with Crippen LogP contribution in [0.4, 0.5) is 0 Å². The van der Waals surface area contributed by atoms with Crippen LogP contribution in [0.2, 0.25) is 0 Å². The summed E-state index contributed by atoms with van der Waals surface area (Å²) in [5.41, 5.74) is 1.40. The van der Waals surface area contributed by atoms with Gasteiger partial charge in [0.25, 0.3) is 0 Å². The molecule has 64 valence electrons. The second-order valence-electron chi connectivity index (χ2n) is 2.92. The Morgan fingerprint density at radius 1 is 1.50 bits per heavy atom. The molecule has 0 aliphatic rings. The van der Waals surface area contributed by atoms with Gasteiger partial charge in [-0.3, -0.25) is 0 Å². The molecule has 12 heavy (non-hydrogen) atoms. The smallest absolute Gasteiger partial charge is 0.0768 e. The fourth-order valence-corrected chi connectivity index (χ4v) is 1.91. The van der Waals surface area contributed by atoms with Gasteiger partial charge in [0.15, 0.2) is 0 Å². The first-order valence-corrected chi connectivity index (χ1v) is 5.28. The van der Waals surface area contributed by atoms with Gasteiger partial charge in [-0.15, -0.1) is 17.8 Å². The number of hydrogen-bond acceptors (Lipinski definition) is 1. The van der Waals surface area contributed by atoms with E-state index in [2.05, 4.69) is 24.3 Å². The Balaban J connectivity index is 2.38. The highest BCUT2D eigenvalue weighted by Crippen LogP contribution is 2.15. The van der Waals surface area contributed by atoms with Crippen LogP contribution >= 0.6 is 11.3 Å². The molecule has 0 saturated carbocycles. The van der Waals surface area contributed by atoms with Gasteiger partial charge in [-0.1, -0.05) is 25.7 Å². The Kier molecular flexibility index (Phi) is 3.90. The molecule has 0 spiro atoms. The van der Waals surface area contributed by atoms with Crippen molar-refractivity contribution >= 4 is 11.3 Å². The summed E-state index contributed by atoms with van der Waals surface area (Å²) >= 11 is 1.67. The molecular weight excluding hydrogens is 164 g/mol. The zero-order chi connectivity index (χ0) is 8.81. The summed E-state index contributed by atoms with van der Waals surface area (Å²) in [5.74, 6) is 2.66. The lowest BCUT2D eigenvalue weighted by atomic mass is 10.1. The van der Waals surface area contributed by atoms with Crippen molar-refractivity contribution in [1.29, 1.82) is 0 Å². The zero-order valence-electron chi connectivity index (χ0n) is 7.47. The van der Waals surface area contributed by atoms with Crippen LogP contribution in [-0.2, 0) is 6.42 Å². The van der Waals surface area contributed by atoms with Crippen LogP contribution in [0.3, 0.4) is 0 Å². The van der Waals surface area contributed by atoms with Gasteiger partial charge in [-0.05, 0) is 29.9 Å². The molecule has 0 amide bonds. The number of thiophene rings is 1. The Morgan fingerprint density at radius 2 is 2.33 bits per heavy atom. The highest BCUT2D eigenvalue weighted by molar-refractivity contribution is 7.10. The van der Waals surface area contributed by atoms with Crippen molar-refractivity contribution in [3.63, 3.8) is 0 Å². The molecule has 0 atom stereocenters. The number of terminal acetylenes is 1. The third-order valence-corrected chi connectivity index (χ3v) is 2.78. The SMILES string of the molecule is C#Cc1cc(CCCCC)cs1. The molecule has 0 aromatic carbocycles. The molecule has 0 saturated heterocycles. The van der Waals surface area contributed by atoms with Crippen LogP contribution in [0, 0.1) is 12.3 Å². The van der Waals surface area contributed by atoms with E-state index in [1.54, 1.807) is 11.3 Å². The molecule has 0 bridgehead atoms. The highest BCUT2D eigenvalue weighted by Gasteiger charge is 1.96. The predicted octanol–water partition coefficient (Wildman–Crippen LogP) is 3.46. The first-order valence-electron chi connectivity index (χ1n) is 4.41. The molecule has 0 nitrogen and oxygen atoms in total. The van der Waals surface area contributed by atoms with Crippen molar-refractivity contribution in [2.45, 2.75) is 32.6 Å². The standard InChI is InChI=1S/C11H14S/c1-3-5-6-7-10-8-11(4-2)12-9-10/h2,8-9H,3,5-7H2,1H3. The van der Waals surface area contributed by atoms with Crippen molar-refractivity contribution < 1.29 is 0 Å². The van der Waals surface area contributed by atoms with Crippen LogP contribution < -0.4 is 0 Å². The number of aryl methyl sites for hydroxylation is 1. The molecule has 0 fully saturated rings. The third-order valence-electron chi connectivity index (χ3n) is 1.87. The number of hydrogen-bond donors (Lipinski definition) is 0. The lowest BCUT2D eigenvalue weighted by Gasteiger charge is -1.94. The van der Waals surface area contributed by atoms with E-state index in [0.717, 1.165) is 4.88 Å². The van der Waals surface area contributed by atoms with E-state index in [1.165, 1.54) is 31.2 Å². The minimum atomic E-state index is 1.06. The lowest BCUT2D eigenvalue weighted by molar-refractivity contribution is 0.718. The molecule has 0 unspecified atom stereocenters. The van der Waals surface area contributed by atoms with Crippen molar-refractivity contribution in [3.05, 3.63) is 21.9 Å². The van der Waals surface area contributed by atoms with Crippen LogP contribution in [0.25, 0.3) is 0 Å². The van der Waals surface area contributed by atoms with Crippen LogP contribution in [0.1, 0.15) is 36.6 Å². The van der Waals surface area contributed by atoms with E-state index >= 15 is 0 Å². The van der Waals surface area contributed by atoms with Crippen molar-refractivity contribution in [2.24, 2.45) is 0 Å². The van der Waals surface area contributed by atoms with E-state index in [1.807, 2.05) is 0 Å². The van der Waals surface area contributed by atoms with Gasteiger partial charge in [-0.25, -0.2) is 0 Å². The molecular formula is C11H14S. The average Bonchev–Trinajstić information content (AvgIpc) is 2.53. The summed E-state index contributed by atoms with van der Waals surface area (Å²) in [6, 6.07) is 2.13. The number of rotatable bonds is 4. The Morgan fingerprint density at radius 3 is 2.92 bits per heavy atom. The lowest BCUT2D eigenvalue weighted by Crippen LogP contribution is -1.80. The molecule has 0 radical (unpaired) electrons. The Bertz CT molecular complexity index is 265. The van der Waals surface area contributed by atoms with Gasteiger partial charge in [0.2, 0.25) is 0 Å². The molecule has 0 N–H and O–H groups in total. The van der Waals surface area contributed by atoms with Crippen LogP contribution in [-0.4, -0.2) is 0 Å². The second kappa shape index (κ2) is 5.00. The van der Waals surface area contributed by atoms with E-state index in [-0.39, 0.29) is 0 Å². The van der Waals surface area contributed by atoms with Gasteiger partial charge in [0.05, 0.1) is 4.88 Å². The second-order valence-corrected chi connectivity index (χ2v) is 3.83.